The molecule has 2 N–H and O–H groups in total. The Morgan fingerprint density at radius 2 is 2.00 bits per heavy atom. The van der Waals surface area contributed by atoms with Crippen LogP contribution in [0.3, 0.4) is 0 Å². The van der Waals surface area contributed by atoms with Gasteiger partial charge in [0, 0.05) is 25.3 Å². The number of hydrogen-bond acceptors (Lipinski definition) is 3. The van der Waals surface area contributed by atoms with E-state index >= 15 is 0 Å². The van der Waals surface area contributed by atoms with Gasteiger partial charge in [0.25, 0.3) is 0 Å². The van der Waals surface area contributed by atoms with E-state index in [1.165, 1.54) is 0 Å². The van der Waals surface area contributed by atoms with Crippen molar-refractivity contribution in [2.75, 3.05) is 18.5 Å². The molecular weight excluding hydrogens is 292 g/mol. The van der Waals surface area contributed by atoms with Crippen LogP contribution in [-0.2, 0) is 19.7 Å². The molecule has 23 heavy (non-hydrogen) atoms. The fourth-order valence-electron chi connectivity index (χ4n) is 3.07. The maximum atomic E-state index is 12.6. The maximum Gasteiger partial charge on any atom is 0.230 e. The van der Waals surface area contributed by atoms with E-state index in [0.29, 0.717) is 13.0 Å². The average molecular weight is 316 g/mol. The molecule has 1 aliphatic heterocycles. The molecule has 5 nitrogen and oxygen atoms in total. The zero-order valence-electron chi connectivity index (χ0n) is 13.6. The van der Waals surface area contributed by atoms with Gasteiger partial charge in [-0.2, -0.15) is 0 Å². The largest absolute Gasteiger partial charge is 0.376 e. The molecule has 1 heterocycles. The zero-order chi connectivity index (χ0) is 16.3. The highest BCUT2D eigenvalue weighted by molar-refractivity contribution is 5.92. The van der Waals surface area contributed by atoms with E-state index in [-0.39, 0.29) is 23.3 Å². The van der Waals surface area contributed by atoms with Gasteiger partial charge in [-0.3, -0.25) is 9.59 Å². The minimum absolute atomic E-state index is 0.00630. The monoisotopic (exact) mass is 316 g/mol. The second-order valence-electron chi connectivity index (χ2n) is 6.41. The summed E-state index contributed by atoms with van der Waals surface area (Å²) in [6.45, 7) is 3.23. The number of ether oxygens (including phenoxy) is 1. The van der Waals surface area contributed by atoms with Crippen molar-refractivity contribution < 1.29 is 14.3 Å². The Bertz CT molecular complexity index is 572. The molecule has 1 saturated carbocycles. The highest BCUT2D eigenvalue weighted by Crippen LogP contribution is 2.48. The van der Waals surface area contributed by atoms with Crippen LogP contribution >= 0.6 is 0 Å². The van der Waals surface area contributed by atoms with E-state index in [0.717, 1.165) is 43.5 Å². The van der Waals surface area contributed by atoms with Gasteiger partial charge in [-0.25, -0.2) is 0 Å². The number of rotatable bonds is 6. The van der Waals surface area contributed by atoms with Gasteiger partial charge in [-0.05, 0) is 43.4 Å². The summed E-state index contributed by atoms with van der Waals surface area (Å²) in [5, 5.41) is 5.87. The first-order chi connectivity index (χ1) is 11.1. The predicted octanol–water partition coefficient (Wildman–Crippen LogP) is 2.36. The summed E-state index contributed by atoms with van der Waals surface area (Å²) in [7, 11) is 0. The van der Waals surface area contributed by atoms with E-state index in [1.54, 1.807) is 0 Å². The van der Waals surface area contributed by atoms with E-state index in [2.05, 4.69) is 10.6 Å². The summed E-state index contributed by atoms with van der Waals surface area (Å²) in [6, 6.07) is 7.64. The molecule has 2 aliphatic rings. The van der Waals surface area contributed by atoms with Crippen molar-refractivity contribution in [3.8, 4) is 0 Å². The lowest BCUT2D eigenvalue weighted by molar-refractivity contribution is -0.124. The fourth-order valence-corrected chi connectivity index (χ4v) is 3.07. The molecule has 1 aromatic carbocycles. The predicted molar refractivity (Wildman–Crippen MR) is 88.3 cm³/mol. The standard InChI is InChI=1S/C18H24N2O3/c1-2-16(21)20-14-7-5-13(6-8-14)18(9-10-18)17(22)19-12-15-4-3-11-23-15/h5-8,15H,2-4,9-12H2,1H3,(H,19,22)(H,20,21). The molecule has 1 aromatic rings. The molecule has 2 amide bonds. The number of hydrogen-bond donors (Lipinski definition) is 2. The molecule has 0 bridgehead atoms. The smallest absolute Gasteiger partial charge is 0.230 e. The van der Waals surface area contributed by atoms with Crippen LogP contribution in [0.5, 0.6) is 0 Å². The Morgan fingerprint density at radius 1 is 1.26 bits per heavy atom. The van der Waals surface area contributed by atoms with Crippen LogP contribution in [-0.4, -0.2) is 31.1 Å². The highest BCUT2D eigenvalue weighted by Gasteiger charge is 2.51. The van der Waals surface area contributed by atoms with E-state index in [4.69, 9.17) is 4.74 Å². The van der Waals surface area contributed by atoms with Gasteiger partial charge < -0.3 is 15.4 Å². The number of nitrogens with one attached hydrogen (secondary N) is 2. The lowest BCUT2D eigenvalue weighted by Crippen LogP contribution is -2.39. The number of carbonyl (C=O) groups excluding carboxylic acids is 2. The van der Waals surface area contributed by atoms with Crippen LogP contribution < -0.4 is 10.6 Å². The zero-order valence-corrected chi connectivity index (χ0v) is 13.6. The summed E-state index contributed by atoms with van der Waals surface area (Å²) in [5.41, 5.74) is 1.42. The molecule has 1 atom stereocenters. The molecule has 0 aromatic heterocycles. The summed E-state index contributed by atoms with van der Waals surface area (Å²) >= 11 is 0. The normalized spacial score (nSPS) is 21.7. The van der Waals surface area contributed by atoms with Gasteiger partial charge in [0.1, 0.15) is 0 Å². The van der Waals surface area contributed by atoms with Gasteiger partial charge in [0.15, 0.2) is 0 Å². The van der Waals surface area contributed by atoms with Crippen LogP contribution in [0.2, 0.25) is 0 Å². The molecule has 0 spiro atoms. The van der Waals surface area contributed by atoms with Crippen molar-refractivity contribution >= 4 is 17.5 Å². The first-order valence-corrected chi connectivity index (χ1v) is 8.44. The highest BCUT2D eigenvalue weighted by atomic mass is 16.5. The minimum atomic E-state index is -0.383. The number of benzene rings is 1. The summed E-state index contributed by atoms with van der Waals surface area (Å²) in [6.07, 6.45) is 4.49. The third kappa shape index (κ3) is 3.55. The van der Waals surface area contributed by atoms with Crippen molar-refractivity contribution in [3.05, 3.63) is 29.8 Å². The number of anilines is 1. The average Bonchev–Trinajstić information content (AvgIpc) is 3.22. The van der Waals surface area contributed by atoms with Crippen LogP contribution in [0.15, 0.2) is 24.3 Å². The van der Waals surface area contributed by atoms with Crippen molar-refractivity contribution in [3.63, 3.8) is 0 Å². The molecule has 1 unspecified atom stereocenters. The maximum absolute atomic E-state index is 12.6. The third-order valence-corrected chi connectivity index (χ3v) is 4.74. The summed E-state index contributed by atoms with van der Waals surface area (Å²) < 4.78 is 5.55. The van der Waals surface area contributed by atoms with Crippen molar-refractivity contribution in [1.29, 1.82) is 0 Å². The topological polar surface area (TPSA) is 67.4 Å². The van der Waals surface area contributed by atoms with Gasteiger partial charge >= 0.3 is 0 Å². The lowest BCUT2D eigenvalue weighted by atomic mass is 9.94. The van der Waals surface area contributed by atoms with Gasteiger partial charge in [-0.1, -0.05) is 19.1 Å². The molecule has 1 aliphatic carbocycles. The van der Waals surface area contributed by atoms with Crippen molar-refractivity contribution in [2.24, 2.45) is 0 Å². The molecule has 2 fully saturated rings. The Kier molecular flexibility index (Phi) is 4.66. The Morgan fingerprint density at radius 3 is 2.57 bits per heavy atom. The lowest BCUT2D eigenvalue weighted by Gasteiger charge is -2.18. The number of amides is 2. The van der Waals surface area contributed by atoms with Crippen molar-refractivity contribution in [1.82, 2.24) is 5.32 Å². The van der Waals surface area contributed by atoms with Crippen LogP contribution in [0.1, 0.15) is 44.6 Å². The van der Waals surface area contributed by atoms with Crippen molar-refractivity contribution in [2.45, 2.75) is 50.5 Å². The van der Waals surface area contributed by atoms with E-state index in [1.807, 2.05) is 31.2 Å². The Balaban J connectivity index is 1.60. The molecule has 5 heteroatoms. The summed E-state index contributed by atoms with van der Waals surface area (Å²) in [4.78, 5) is 24.0. The van der Waals surface area contributed by atoms with Crippen LogP contribution in [0.4, 0.5) is 5.69 Å². The molecule has 124 valence electrons. The first-order valence-electron chi connectivity index (χ1n) is 8.44. The Labute approximate surface area is 136 Å². The molecule has 1 saturated heterocycles. The summed E-state index contributed by atoms with van der Waals surface area (Å²) in [5.74, 6) is 0.0894. The molecular formula is C18H24N2O3. The number of carbonyl (C=O) groups is 2. The van der Waals surface area contributed by atoms with Gasteiger partial charge in [0.2, 0.25) is 11.8 Å². The quantitative estimate of drug-likeness (QED) is 0.846. The van der Waals surface area contributed by atoms with Crippen LogP contribution in [0.25, 0.3) is 0 Å². The second kappa shape index (κ2) is 6.71. The van der Waals surface area contributed by atoms with Gasteiger partial charge in [0.05, 0.1) is 11.5 Å². The Hall–Kier alpha value is -1.88. The second-order valence-corrected chi connectivity index (χ2v) is 6.41. The fraction of sp³-hybridized carbons (Fsp3) is 0.556. The third-order valence-electron chi connectivity index (χ3n) is 4.74. The van der Waals surface area contributed by atoms with Crippen LogP contribution in [0, 0.1) is 0 Å². The first kappa shape index (κ1) is 16.0. The minimum Gasteiger partial charge on any atom is -0.376 e. The van der Waals surface area contributed by atoms with E-state index < -0.39 is 0 Å². The SMILES string of the molecule is CCC(=O)Nc1ccc(C2(C(=O)NCC3CCCO3)CC2)cc1. The van der Waals surface area contributed by atoms with Gasteiger partial charge in [-0.15, -0.1) is 0 Å². The molecule has 0 radical (unpaired) electrons. The molecule has 3 rings (SSSR count). The van der Waals surface area contributed by atoms with E-state index in [9.17, 15) is 9.59 Å².